The Labute approximate surface area is 168 Å². The van der Waals surface area contributed by atoms with E-state index in [2.05, 4.69) is 13.8 Å². The molecule has 1 aliphatic carbocycles. The lowest BCUT2D eigenvalue weighted by Gasteiger charge is -2.23. The quantitative estimate of drug-likeness (QED) is 0.358. The SMILES string of the molecule is CCCC(CC)CC(O)CSC1C(O)CC(=O)C1CCCCCCC(=O)O. The smallest absolute Gasteiger partial charge is 0.303 e. The number of aliphatic hydroxyl groups excluding tert-OH is 2. The van der Waals surface area contributed by atoms with Gasteiger partial charge in [0, 0.05) is 29.8 Å². The van der Waals surface area contributed by atoms with Crippen molar-refractivity contribution in [3.8, 4) is 0 Å². The molecule has 0 aromatic heterocycles. The summed E-state index contributed by atoms with van der Waals surface area (Å²) in [6, 6.07) is 0. The van der Waals surface area contributed by atoms with Crippen molar-refractivity contribution in [3.05, 3.63) is 0 Å². The minimum Gasteiger partial charge on any atom is -0.481 e. The Morgan fingerprint density at radius 3 is 2.56 bits per heavy atom. The molecule has 27 heavy (non-hydrogen) atoms. The summed E-state index contributed by atoms with van der Waals surface area (Å²) in [4.78, 5) is 22.8. The van der Waals surface area contributed by atoms with Crippen LogP contribution in [0.25, 0.3) is 0 Å². The van der Waals surface area contributed by atoms with Crippen molar-refractivity contribution >= 4 is 23.5 Å². The molecule has 158 valence electrons. The maximum absolute atomic E-state index is 12.2. The molecule has 1 aliphatic rings. The van der Waals surface area contributed by atoms with Crippen LogP contribution in [0.15, 0.2) is 0 Å². The molecule has 1 rings (SSSR count). The molecule has 3 N–H and O–H groups in total. The van der Waals surface area contributed by atoms with Gasteiger partial charge in [0.15, 0.2) is 0 Å². The number of rotatable bonds is 15. The second kappa shape index (κ2) is 13.6. The fraction of sp³-hybridized carbons (Fsp3) is 0.905. The van der Waals surface area contributed by atoms with Crippen LogP contribution in [0.4, 0.5) is 0 Å². The highest BCUT2D eigenvalue weighted by molar-refractivity contribution is 8.00. The van der Waals surface area contributed by atoms with Crippen molar-refractivity contribution in [2.75, 3.05) is 5.75 Å². The number of unbranched alkanes of at least 4 members (excludes halogenated alkanes) is 3. The first-order valence-electron chi connectivity index (χ1n) is 10.6. The third-order valence-corrected chi connectivity index (χ3v) is 7.22. The maximum atomic E-state index is 12.2. The number of ketones is 1. The van der Waals surface area contributed by atoms with Gasteiger partial charge < -0.3 is 15.3 Å². The molecule has 0 aromatic carbocycles. The van der Waals surface area contributed by atoms with Crippen LogP contribution in [0.1, 0.15) is 84.5 Å². The van der Waals surface area contributed by atoms with Crippen LogP contribution in [-0.2, 0) is 9.59 Å². The van der Waals surface area contributed by atoms with Gasteiger partial charge in [-0.05, 0) is 25.2 Å². The van der Waals surface area contributed by atoms with E-state index in [-0.39, 0.29) is 35.9 Å². The van der Waals surface area contributed by atoms with E-state index < -0.39 is 12.1 Å². The lowest BCUT2D eigenvalue weighted by Crippen LogP contribution is -2.26. The summed E-state index contributed by atoms with van der Waals surface area (Å²) in [5, 5.41) is 29.2. The zero-order valence-corrected chi connectivity index (χ0v) is 17.8. The Morgan fingerprint density at radius 2 is 1.93 bits per heavy atom. The Bertz CT molecular complexity index is 442. The van der Waals surface area contributed by atoms with E-state index in [4.69, 9.17) is 5.11 Å². The monoisotopic (exact) mass is 402 g/mol. The highest BCUT2D eigenvalue weighted by Crippen LogP contribution is 2.37. The van der Waals surface area contributed by atoms with Crippen molar-refractivity contribution in [3.63, 3.8) is 0 Å². The van der Waals surface area contributed by atoms with Gasteiger partial charge in [-0.3, -0.25) is 9.59 Å². The number of carbonyl (C=O) groups excluding carboxylic acids is 1. The van der Waals surface area contributed by atoms with E-state index in [0.29, 0.717) is 18.1 Å². The van der Waals surface area contributed by atoms with E-state index in [1.807, 2.05) is 0 Å². The van der Waals surface area contributed by atoms with E-state index >= 15 is 0 Å². The van der Waals surface area contributed by atoms with Gasteiger partial charge >= 0.3 is 5.97 Å². The molecule has 5 nitrogen and oxygen atoms in total. The Kier molecular flexibility index (Phi) is 12.3. The van der Waals surface area contributed by atoms with Crippen LogP contribution in [0, 0.1) is 11.8 Å². The van der Waals surface area contributed by atoms with Crippen LogP contribution in [0.5, 0.6) is 0 Å². The average Bonchev–Trinajstić information content (AvgIpc) is 2.88. The van der Waals surface area contributed by atoms with Crippen molar-refractivity contribution in [2.45, 2.75) is 102 Å². The zero-order chi connectivity index (χ0) is 20.2. The van der Waals surface area contributed by atoms with E-state index in [1.165, 1.54) is 0 Å². The van der Waals surface area contributed by atoms with Gasteiger partial charge in [0.2, 0.25) is 0 Å². The molecule has 0 aromatic rings. The predicted octanol–water partition coefficient (Wildman–Crippen LogP) is 4.04. The Balaban J connectivity index is 2.37. The maximum Gasteiger partial charge on any atom is 0.303 e. The van der Waals surface area contributed by atoms with Crippen LogP contribution in [-0.4, -0.2) is 50.3 Å². The van der Waals surface area contributed by atoms with Crippen LogP contribution in [0.3, 0.4) is 0 Å². The predicted molar refractivity (Wildman–Crippen MR) is 110 cm³/mol. The highest BCUT2D eigenvalue weighted by atomic mass is 32.2. The van der Waals surface area contributed by atoms with Gasteiger partial charge in [-0.2, -0.15) is 11.8 Å². The summed E-state index contributed by atoms with van der Waals surface area (Å²) in [5.41, 5.74) is 0. The molecule has 0 spiro atoms. The third kappa shape index (κ3) is 9.44. The molecule has 1 saturated carbocycles. The summed E-state index contributed by atoms with van der Waals surface area (Å²) in [5.74, 6) is 0.363. The molecule has 0 bridgehead atoms. The number of carbonyl (C=O) groups is 2. The lowest BCUT2D eigenvalue weighted by atomic mass is 9.95. The lowest BCUT2D eigenvalue weighted by molar-refractivity contribution is -0.137. The molecular weight excluding hydrogens is 364 g/mol. The highest BCUT2D eigenvalue weighted by Gasteiger charge is 2.41. The van der Waals surface area contributed by atoms with Gasteiger partial charge in [-0.1, -0.05) is 52.4 Å². The molecule has 0 amide bonds. The normalized spacial score (nSPS) is 24.9. The Morgan fingerprint density at radius 1 is 1.22 bits per heavy atom. The number of carboxylic acid groups (broad SMARTS) is 1. The van der Waals surface area contributed by atoms with Crippen LogP contribution in [0.2, 0.25) is 0 Å². The van der Waals surface area contributed by atoms with E-state index in [1.54, 1.807) is 11.8 Å². The standard InChI is InChI=1S/C21H38O5S/c1-3-9-15(4-2)12-16(22)14-27-21-17(18(23)13-19(21)24)10-7-5-6-8-11-20(25)26/h15-17,19,21-22,24H,3-14H2,1-2H3,(H,25,26). The van der Waals surface area contributed by atoms with Crippen molar-refractivity contribution < 1.29 is 24.9 Å². The van der Waals surface area contributed by atoms with Gasteiger partial charge in [0.1, 0.15) is 5.78 Å². The number of Topliss-reactive ketones (excluding diaryl/α,β-unsaturated/α-hetero) is 1. The van der Waals surface area contributed by atoms with Gasteiger partial charge in [-0.15, -0.1) is 0 Å². The second-order valence-corrected chi connectivity index (χ2v) is 9.15. The van der Waals surface area contributed by atoms with Crippen molar-refractivity contribution in [2.24, 2.45) is 11.8 Å². The molecule has 0 saturated heterocycles. The van der Waals surface area contributed by atoms with Crippen molar-refractivity contribution in [1.29, 1.82) is 0 Å². The van der Waals surface area contributed by atoms with Crippen LogP contribution < -0.4 is 0 Å². The minimum absolute atomic E-state index is 0.113. The summed E-state index contributed by atoms with van der Waals surface area (Å²) in [6.45, 7) is 4.32. The number of aliphatic carboxylic acids is 1. The first kappa shape index (κ1) is 24.4. The number of aliphatic hydroxyl groups is 2. The number of carboxylic acids is 1. The van der Waals surface area contributed by atoms with Crippen molar-refractivity contribution in [1.82, 2.24) is 0 Å². The largest absolute Gasteiger partial charge is 0.481 e. The van der Waals surface area contributed by atoms with E-state index in [9.17, 15) is 19.8 Å². The molecule has 1 fully saturated rings. The number of thioether (sulfide) groups is 1. The molecule has 0 aliphatic heterocycles. The molecule has 5 atom stereocenters. The average molecular weight is 403 g/mol. The van der Waals surface area contributed by atoms with E-state index in [0.717, 1.165) is 51.4 Å². The third-order valence-electron chi connectivity index (χ3n) is 5.62. The summed E-state index contributed by atoms with van der Waals surface area (Å²) >= 11 is 1.56. The van der Waals surface area contributed by atoms with Gasteiger partial charge in [-0.25, -0.2) is 0 Å². The molecule has 0 radical (unpaired) electrons. The molecular formula is C21H38O5S. The number of hydrogen-bond acceptors (Lipinski definition) is 5. The minimum atomic E-state index is -0.761. The molecule has 5 unspecified atom stereocenters. The summed E-state index contributed by atoms with van der Waals surface area (Å²) < 4.78 is 0. The summed E-state index contributed by atoms with van der Waals surface area (Å²) in [7, 11) is 0. The van der Waals surface area contributed by atoms with Gasteiger partial charge in [0.05, 0.1) is 12.2 Å². The second-order valence-electron chi connectivity index (χ2n) is 7.94. The van der Waals surface area contributed by atoms with Crippen LogP contribution >= 0.6 is 11.8 Å². The zero-order valence-electron chi connectivity index (χ0n) is 16.9. The fourth-order valence-electron chi connectivity index (χ4n) is 4.04. The molecule has 6 heteroatoms. The first-order valence-corrected chi connectivity index (χ1v) is 11.7. The summed E-state index contributed by atoms with van der Waals surface area (Å²) in [6.07, 6.45) is 7.67. The number of hydrogen-bond donors (Lipinski definition) is 3. The first-order chi connectivity index (χ1) is 12.9. The fourth-order valence-corrected chi connectivity index (χ4v) is 5.46. The Hall–Kier alpha value is -0.590. The van der Waals surface area contributed by atoms with Gasteiger partial charge in [0.25, 0.3) is 0 Å². The topological polar surface area (TPSA) is 94.8 Å². The molecule has 0 heterocycles.